The van der Waals surface area contributed by atoms with Crippen molar-refractivity contribution < 1.29 is 0 Å². The zero-order valence-electron chi connectivity index (χ0n) is 11.2. The van der Waals surface area contributed by atoms with Crippen LogP contribution in [0.1, 0.15) is 43.7 Å². The fraction of sp³-hybridized carbons (Fsp3) is 0.600. The molecule has 2 N–H and O–H groups in total. The molecule has 0 amide bonds. The summed E-state index contributed by atoms with van der Waals surface area (Å²) in [5.41, 5.74) is 9.03. The molecule has 1 aliphatic carbocycles. The highest BCUT2D eigenvalue weighted by molar-refractivity contribution is 5.24. The van der Waals surface area contributed by atoms with Crippen molar-refractivity contribution in [3.05, 3.63) is 35.4 Å². The van der Waals surface area contributed by atoms with E-state index in [1.807, 2.05) is 0 Å². The molecule has 0 atom stereocenters. The Labute approximate surface area is 105 Å². The fourth-order valence-corrected chi connectivity index (χ4v) is 2.23. The van der Waals surface area contributed by atoms with Crippen molar-refractivity contribution in [3.63, 3.8) is 0 Å². The van der Waals surface area contributed by atoms with Crippen molar-refractivity contribution in [2.45, 2.75) is 44.7 Å². The van der Waals surface area contributed by atoms with Crippen LogP contribution in [-0.2, 0) is 6.54 Å². The fourth-order valence-electron chi connectivity index (χ4n) is 2.23. The topological polar surface area (TPSA) is 29.3 Å². The highest BCUT2D eigenvalue weighted by Crippen LogP contribution is 2.32. The smallest absolute Gasteiger partial charge is 0.0284 e. The Balaban J connectivity index is 1.89. The van der Waals surface area contributed by atoms with Gasteiger partial charge in [0.1, 0.15) is 0 Å². The Morgan fingerprint density at radius 3 is 2.29 bits per heavy atom. The van der Waals surface area contributed by atoms with Gasteiger partial charge in [0.05, 0.1) is 0 Å². The van der Waals surface area contributed by atoms with Crippen LogP contribution in [0.5, 0.6) is 0 Å². The van der Waals surface area contributed by atoms with Gasteiger partial charge in [-0.05, 0) is 36.9 Å². The Morgan fingerprint density at radius 1 is 1.24 bits per heavy atom. The maximum absolute atomic E-state index is 6.12. The monoisotopic (exact) mass is 232 g/mol. The molecule has 1 aromatic carbocycles. The molecule has 0 unspecified atom stereocenters. The number of benzene rings is 1. The summed E-state index contributed by atoms with van der Waals surface area (Å²) in [6, 6.07) is 8.95. The standard InChI is InChI=1S/C15H24N2/c1-12(2)14-6-4-13(5-7-14)10-17(3)11-15(16)8-9-15/h4-7,12H,8-11,16H2,1-3H3. The van der Waals surface area contributed by atoms with E-state index in [1.165, 1.54) is 24.0 Å². The third kappa shape index (κ3) is 3.55. The molecule has 1 saturated carbocycles. The van der Waals surface area contributed by atoms with E-state index in [0.717, 1.165) is 13.1 Å². The average molecular weight is 232 g/mol. The SMILES string of the molecule is CC(C)c1ccc(CN(C)CC2(N)CC2)cc1. The third-order valence-corrected chi connectivity index (χ3v) is 3.58. The maximum Gasteiger partial charge on any atom is 0.0284 e. The molecule has 2 rings (SSSR count). The van der Waals surface area contributed by atoms with Gasteiger partial charge in [0.2, 0.25) is 0 Å². The molecule has 0 aliphatic heterocycles. The van der Waals surface area contributed by atoms with Crippen LogP contribution in [-0.4, -0.2) is 24.0 Å². The summed E-state index contributed by atoms with van der Waals surface area (Å²) in [5.74, 6) is 0.612. The molecule has 0 bridgehead atoms. The van der Waals surface area contributed by atoms with Crippen molar-refractivity contribution >= 4 is 0 Å². The highest BCUT2D eigenvalue weighted by Gasteiger charge is 2.38. The minimum Gasteiger partial charge on any atom is -0.324 e. The van der Waals surface area contributed by atoms with E-state index >= 15 is 0 Å². The third-order valence-electron chi connectivity index (χ3n) is 3.58. The second kappa shape index (κ2) is 4.79. The molecular formula is C15H24N2. The number of nitrogens with two attached hydrogens (primary N) is 1. The van der Waals surface area contributed by atoms with Gasteiger partial charge in [-0.15, -0.1) is 0 Å². The van der Waals surface area contributed by atoms with Crippen LogP contribution in [0, 0.1) is 0 Å². The average Bonchev–Trinajstić information content (AvgIpc) is 2.96. The van der Waals surface area contributed by atoms with E-state index in [1.54, 1.807) is 0 Å². The molecular weight excluding hydrogens is 208 g/mol. The molecule has 2 nitrogen and oxygen atoms in total. The van der Waals surface area contributed by atoms with Crippen LogP contribution in [0.3, 0.4) is 0 Å². The van der Waals surface area contributed by atoms with E-state index in [2.05, 4.69) is 50.1 Å². The minimum absolute atomic E-state index is 0.118. The van der Waals surface area contributed by atoms with Gasteiger partial charge < -0.3 is 10.6 Å². The van der Waals surface area contributed by atoms with Crippen LogP contribution in [0.4, 0.5) is 0 Å². The number of hydrogen-bond acceptors (Lipinski definition) is 2. The van der Waals surface area contributed by atoms with Crippen LogP contribution in [0.25, 0.3) is 0 Å². The number of rotatable bonds is 5. The van der Waals surface area contributed by atoms with Gasteiger partial charge in [-0.3, -0.25) is 0 Å². The molecule has 1 aliphatic rings. The zero-order chi connectivity index (χ0) is 12.5. The lowest BCUT2D eigenvalue weighted by atomic mass is 10.0. The Bertz CT molecular complexity index is 363. The van der Waals surface area contributed by atoms with Gasteiger partial charge in [0, 0.05) is 18.6 Å². The normalized spacial score (nSPS) is 17.8. The predicted octanol–water partition coefficient (Wildman–Crippen LogP) is 2.73. The van der Waals surface area contributed by atoms with Gasteiger partial charge in [-0.1, -0.05) is 38.1 Å². The molecule has 2 heteroatoms. The lowest BCUT2D eigenvalue weighted by molar-refractivity contribution is 0.296. The minimum atomic E-state index is 0.118. The second-order valence-electron chi connectivity index (χ2n) is 5.93. The summed E-state index contributed by atoms with van der Waals surface area (Å²) >= 11 is 0. The number of likely N-dealkylation sites (N-methyl/N-ethyl adjacent to an activating group) is 1. The maximum atomic E-state index is 6.12. The second-order valence-corrected chi connectivity index (χ2v) is 5.93. The summed E-state index contributed by atoms with van der Waals surface area (Å²) in [6.07, 6.45) is 2.37. The Hall–Kier alpha value is -0.860. The number of nitrogens with zero attached hydrogens (tertiary/aromatic N) is 1. The summed E-state index contributed by atoms with van der Waals surface area (Å²) in [4.78, 5) is 2.33. The molecule has 0 spiro atoms. The molecule has 0 heterocycles. The first kappa shape index (κ1) is 12.6. The van der Waals surface area contributed by atoms with Gasteiger partial charge in [0.15, 0.2) is 0 Å². The summed E-state index contributed by atoms with van der Waals surface area (Å²) in [6.45, 7) is 6.47. The predicted molar refractivity (Wildman–Crippen MR) is 73.0 cm³/mol. The summed E-state index contributed by atoms with van der Waals surface area (Å²) in [5, 5.41) is 0. The largest absolute Gasteiger partial charge is 0.324 e. The van der Waals surface area contributed by atoms with E-state index in [4.69, 9.17) is 5.73 Å². The van der Waals surface area contributed by atoms with Crippen LogP contribution >= 0.6 is 0 Å². The molecule has 0 radical (unpaired) electrons. The first-order valence-electron chi connectivity index (χ1n) is 6.55. The van der Waals surface area contributed by atoms with E-state index in [0.29, 0.717) is 5.92 Å². The molecule has 0 saturated heterocycles. The lowest BCUT2D eigenvalue weighted by Crippen LogP contribution is -2.36. The van der Waals surface area contributed by atoms with Gasteiger partial charge in [0.25, 0.3) is 0 Å². The van der Waals surface area contributed by atoms with Crippen LogP contribution in [0.2, 0.25) is 0 Å². The van der Waals surface area contributed by atoms with Gasteiger partial charge in [-0.25, -0.2) is 0 Å². The van der Waals surface area contributed by atoms with Crippen molar-refractivity contribution in [1.29, 1.82) is 0 Å². The molecule has 17 heavy (non-hydrogen) atoms. The first-order valence-corrected chi connectivity index (χ1v) is 6.55. The summed E-state index contributed by atoms with van der Waals surface area (Å²) < 4.78 is 0. The van der Waals surface area contributed by atoms with Crippen molar-refractivity contribution in [2.24, 2.45) is 5.73 Å². The molecule has 1 fully saturated rings. The molecule has 0 aromatic heterocycles. The first-order chi connectivity index (χ1) is 7.98. The van der Waals surface area contributed by atoms with Gasteiger partial charge >= 0.3 is 0 Å². The molecule has 94 valence electrons. The van der Waals surface area contributed by atoms with E-state index < -0.39 is 0 Å². The van der Waals surface area contributed by atoms with Crippen molar-refractivity contribution in [2.75, 3.05) is 13.6 Å². The van der Waals surface area contributed by atoms with Crippen molar-refractivity contribution in [1.82, 2.24) is 4.90 Å². The van der Waals surface area contributed by atoms with Gasteiger partial charge in [-0.2, -0.15) is 0 Å². The molecule has 1 aromatic rings. The number of hydrogen-bond donors (Lipinski definition) is 1. The zero-order valence-corrected chi connectivity index (χ0v) is 11.2. The van der Waals surface area contributed by atoms with E-state index in [9.17, 15) is 0 Å². The van der Waals surface area contributed by atoms with Crippen LogP contribution < -0.4 is 5.73 Å². The van der Waals surface area contributed by atoms with Crippen molar-refractivity contribution in [3.8, 4) is 0 Å². The Morgan fingerprint density at radius 2 is 1.82 bits per heavy atom. The lowest BCUT2D eigenvalue weighted by Gasteiger charge is -2.21. The quantitative estimate of drug-likeness (QED) is 0.846. The Kier molecular flexibility index (Phi) is 3.55. The highest BCUT2D eigenvalue weighted by atomic mass is 15.1. The summed E-state index contributed by atoms with van der Waals surface area (Å²) in [7, 11) is 2.16. The van der Waals surface area contributed by atoms with E-state index in [-0.39, 0.29) is 5.54 Å². The van der Waals surface area contributed by atoms with Crippen LogP contribution in [0.15, 0.2) is 24.3 Å².